The molecule has 3 aromatic rings. The number of nitrogens with two attached hydrogens (primary N) is 1. The van der Waals surface area contributed by atoms with Crippen molar-refractivity contribution in [1.82, 2.24) is 0 Å². The SMILES string of the molecule is Cc1oc2ccc(-c3cccc(C4CC4)c3)cc2c1C(=O)[N+](C)(C)C(CN)CO. The highest BCUT2D eigenvalue weighted by Crippen LogP contribution is 2.41. The van der Waals surface area contributed by atoms with Crippen LogP contribution in [0.3, 0.4) is 0 Å². The van der Waals surface area contributed by atoms with E-state index in [4.69, 9.17) is 10.2 Å². The second-order valence-corrected chi connectivity index (χ2v) is 8.56. The molecule has 1 aromatic heterocycles. The molecule has 5 heteroatoms. The van der Waals surface area contributed by atoms with Crippen LogP contribution in [0.2, 0.25) is 0 Å². The highest BCUT2D eigenvalue weighted by atomic mass is 16.3. The van der Waals surface area contributed by atoms with E-state index in [1.807, 2.05) is 25.1 Å². The normalized spacial score (nSPS) is 15.6. The first-order chi connectivity index (χ1) is 13.9. The number of carbonyl (C=O) groups excluding carboxylic acids is 1. The third-order valence-electron chi connectivity index (χ3n) is 6.27. The van der Waals surface area contributed by atoms with Gasteiger partial charge in [0, 0.05) is 11.9 Å². The molecule has 1 aliphatic rings. The fourth-order valence-electron chi connectivity index (χ4n) is 4.05. The van der Waals surface area contributed by atoms with Crippen molar-refractivity contribution in [2.75, 3.05) is 27.2 Å². The Kier molecular flexibility index (Phi) is 5.07. The summed E-state index contributed by atoms with van der Waals surface area (Å²) in [4.78, 5) is 13.5. The van der Waals surface area contributed by atoms with Gasteiger partial charge in [0.25, 0.3) is 0 Å². The molecule has 152 valence electrons. The number of nitrogens with zero attached hydrogens (tertiary/aromatic N) is 1. The van der Waals surface area contributed by atoms with Crippen LogP contribution in [0.4, 0.5) is 0 Å². The minimum absolute atomic E-state index is 0.0239. The maximum Gasteiger partial charge on any atom is 0.350 e. The maximum atomic E-state index is 13.5. The van der Waals surface area contributed by atoms with E-state index < -0.39 is 0 Å². The Bertz CT molecular complexity index is 1060. The molecule has 0 bridgehead atoms. The molecule has 5 nitrogen and oxygen atoms in total. The highest BCUT2D eigenvalue weighted by Gasteiger charge is 2.38. The van der Waals surface area contributed by atoms with Crippen LogP contribution in [-0.2, 0) is 0 Å². The van der Waals surface area contributed by atoms with Crippen molar-refractivity contribution >= 4 is 16.9 Å². The Labute approximate surface area is 171 Å². The van der Waals surface area contributed by atoms with Crippen LogP contribution in [-0.4, -0.2) is 48.8 Å². The summed E-state index contributed by atoms with van der Waals surface area (Å²) in [6.45, 7) is 1.89. The van der Waals surface area contributed by atoms with Gasteiger partial charge in [-0.25, -0.2) is 4.79 Å². The van der Waals surface area contributed by atoms with E-state index in [-0.39, 0.29) is 29.6 Å². The van der Waals surface area contributed by atoms with E-state index in [0.29, 0.717) is 22.8 Å². The number of quaternary nitrogens is 1. The van der Waals surface area contributed by atoms with Crippen molar-refractivity contribution in [2.45, 2.75) is 31.7 Å². The van der Waals surface area contributed by atoms with E-state index in [1.54, 1.807) is 14.1 Å². The molecular weight excluding hydrogens is 364 g/mol. The summed E-state index contributed by atoms with van der Waals surface area (Å²) >= 11 is 0. The highest BCUT2D eigenvalue weighted by molar-refractivity contribution is 6.05. The van der Waals surface area contributed by atoms with Gasteiger partial charge in [0.2, 0.25) is 0 Å². The minimum Gasteiger partial charge on any atom is -0.460 e. The molecular formula is C24H29N2O3+. The third-order valence-corrected chi connectivity index (χ3v) is 6.27. The number of aryl methyl sites for hydroxylation is 1. The zero-order valence-electron chi connectivity index (χ0n) is 17.3. The number of hydrogen-bond donors (Lipinski definition) is 2. The molecule has 3 N–H and O–H groups in total. The van der Waals surface area contributed by atoms with Crippen LogP contribution in [0.1, 0.15) is 40.4 Å². The van der Waals surface area contributed by atoms with Crippen LogP contribution >= 0.6 is 0 Å². The lowest BCUT2D eigenvalue weighted by atomic mass is 9.98. The lowest BCUT2D eigenvalue weighted by molar-refractivity contribution is -0.834. The number of furan rings is 1. The van der Waals surface area contributed by atoms with Gasteiger partial charge in [-0.2, -0.15) is 0 Å². The Morgan fingerprint density at radius 3 is 2.59 bits per heavy atom. The molecule has 1 atom stereocenters. The minimum atomic E-state index is -0.370. The summed E-state index contributed by atoms with van der Waals surface area (Å²) in [5.74, 6) is 1.18. The average Bonchev–Trinajstić information content (AvgIpc) is 3.50. The second kappa shape index (κ2) is 7.41. The van der Waals surface area contributed by atoms with Gasteiger partial charge in [0.1, 0.15) is 22.9 Å². The maximum absolute atomic E-state index is 13.5. The molecule has 0 radical (unpaired) electrons. The smallest absolute Gasteiger partial charge is 0.350 e. The molecule has 29 heavy (non-hydrogen) atoms. The number of rotatable bonds is 6. The van der Waals surface area contributed by atoms with Gasteiger partial charge in [-0.15, -0.1) is 0 Å². The van der Waals surface area contributed by atoms with Crippen LogP contribution in [0.5, 0.6) is 0 Å². The molecule has 0 aliphatic heterocycles. The second-order valence-electron chi connectivity index (χ2n) is 8.56. The molecule has 1 amide bonds. The van der Waals surface area contributed by atoms with Gasteiger partial charge in [-0.3, -0.25) is 4.48 Å². The van der Waals surface area contributed by atoms with E-state index >= 15 is 0 Å². The first-order valence-electron chi connectivity index (χ1n) is 10.2. The average molecular weight is 394 g/mol. The fourth-order valence-corrected chi connectivity index (χ4v) is 4.05. The number of benzene rings is 2. The van der Waals surface area contributed by atoms with Gasteiger partial charge in [-0.1, -0.05) is 30.3 Å². The molecule has 4 rings (SSSR count). The van der Waals surface area contributed by atoms with Gasteiger partial charge in [0.15, 0.2) is 0 Å². The van der Waals surface area contributed by atoms with Crippen molar-refractivity contribution in [3.05, 3.63) is 59.4 Å². The monoisotopic (exact) mass is 393 g/mol. The number of hydrogen-bond acceptors (Lipinski definition) is 4. The topological polar surface area (TPSA) is 76.5 Å². The van der Waals surface area contributed by atoms with Crippen LogP contribution < -0.4 is 5.73 Å². The van der Waals surface area contributed by atoms with E-state index in [2.05, 4.69) is 24.3 Å². The van der Waals surface area contributed by atoms with Crippen LogP contribution in [0.25, 0.3) is 22.1 Å². The quantitative estimate of drug-likeness (QED) is 0.624. The fraction of sp³-hybridized carbons (Fsp3) is 0.375. The number of fused-ring (bicyclic) bond motifs is 1. The molecule has 1 saturated carbocycles. The van der Waals surface area contributed by atoms with Crippen LogP contribution in [0, 0.1) is 6.92 Å². The molecule has 0 saturated heterocycles. The number of aliphatic hydroxyl groups is 1. The molecule has 1 heterocycles. The number of carbonyl (C=O) groups is 1. The molecule has 1 fully saturated rings. The van der Waals surface area contributed by atoms with Crippen molar-refractivity contribution in [3.63, 3.8) is 0 Å². The Morgan fingerprint density at radius 2 is 1.93 bits per heavy atom. The van der Waals surface area contributed by atoms with Crippen molar-refractivity contribution < 1.29 is 18.8 Å². The van der Waals surface area contributed by atoms with E-state index in [1.165, 1.54) is 18.4 Å². The number of amides is 1. The predicted octanol–water partition coefficient (Wildman–Crippen LogP) is 3.82. The lowest BCUT2D eigenvalue weighted by Gasteiger charge is -2.33. The van der Waals surface area contributed by atoms with Crippen LogP contribution in [0.15, 0.2) is 46.9 Å². The Hall–Kier alpha value is -2.47. The first-order valence-corrected chi connectivity index (χ1v) is 10.2. The van der Waals surface area contributed by atoms with Gasteiger partial charge >= 0.3 is 5.91 Å². The molecule has 2 aromatic carbocycles. The summed E-state index contributed by atoms with van der Waals surface area (Å²) in [7, 11) is 3.58. The van der Waals surface area contributed by atoms with E-state index in [9.17, 15) is 9.90 Å². The zero-order chi connectivity index (χ0) is 20.8. The first kappa shape index (κ1) is 19.8. The van der Waals surface area contributed by atoms with Crippen molar-refractivity contribution in [3.8, 4) is 11.1 Å². The molecule has 1 unspecified atom stereocenters. The molecule has 1 aliphatic carbocycles. The number of aliphatic hydroxyl groups excluding tert-OH is 1. The van der Waals surface area contributed by atoms with Gasteiger partial charge in [0.05, 0.1) is 20.7 Å². The van der Waals surface area contributed by atoms with Crippen molar-refractivity contribution in [2.24, 2.45) is 5.73 Å². The van der Waals surface area contributed by atoms with E-state index in [0.717, 1.165) is 16.5 Å². The Balaban J connectivity index is 1.79. The van der Waals surface area contributed by atoms with Gasteiger partial charge < -0.3 is 15.3 Å². The standard InChI is InChI=1S/C24H29N2O3/c1-15-23(24(28)26(2,3)20(13-25)14-27)21-12-19(9-10-22(21)29-15)18-6-4-5-17(11-18)16-7-8-16/h4-6,9-12,16,20,27H,7-8,13-14,25H2,1-3H3/q+1. The summed E-state index contributed by atoms with van der Waals surface area (Å²) in [5.41, 5.74) is 10.7. The zero-order valence-corrected chi connectivity index (χ0v) is 17.3. The lowest BCUT2D eigenvalue weighted by Crippen LogP contribution is -2.57. The summed E-state index contributed by atoms with van der Waals surface area (Å²) in [6, 6.07) is 14.3. The number of likely N-dealkylation sites (N-methyl/N-ethyl adjacent to an activating group) is 1. The Morgan fingerprint density at radius 1 is 1.21 bits per heavy atom. The van der Waals surface area contributed by atoms with Gasteiger partial charge in [-0.05, 0) is 54.5 Å². The summed E-state index contributed by atoms with van der Waals surface area (Å²) < 4.78 is 5.88. The predicted molar refractivity (Wildman–Crippen MR) is 115 cm³/mol. The third kappa shape index (κ3) is 3.50. The summed E-state index contributed by atoms with van der Waals surface area (Å²) in [6.07, 6.45) is 2.53. The van der Waals surface area contributed by atoms with Crippen molar-refractivity contribution in [1.29, 1.82) is 0 Å². The largest absolute Gasteiger partial charge is 0.460 e. The summed E-state index contributed by atoms with van der Waals surface area (Å²) in [5, 5.41) is 10.5. The molecule has 0 spiro atoms.